The molecule has 0 aromatic heterocycles. The first-order chi connectivity index (χ1) is 7.19. The number of unbranched alkanes of at least 4 members (excludes halogenated alkanes) is 1. The van der Waals surface area contributed by atoms with Crippen LogP contribution in [0.25, 0.3) is 0 Å². The van der Waals surface area contributed by atoms with Gasteiger partial charge in [0.2, 0.25) is 0 Å². The Morgan fingerprint density at radius 1 is 1.31 bits per heavy atom. The van der Waals surface area contributed by atoms with Crippen molar-refractivity contribution in [1.82, 2.24) is 5.32 Å². The molecule has 1 N–H and O–H groups in total. The van der Waals surface area contributed by atoms with E-state index in [0.29, 0.717) is 6.42 Å². The predicted octanol–water partition coefficient (Wildman–Crippen LogP) is 1.74. The van der Waals surface area contributed by atoms with Crippen LogP contribution in [0, 0.1) is 0 Å². The Bertz CT molecular complexity index is 288. The van der Waals surface area contributed by atoms with Crippen molar-refractivity contribution in [2.24, 2.45) is 0 Å². The van der Waals surface area contributed by atoms with Gasteiger partial charge in [-0.05, 0) is 13.3 Å². The van der Waals surface area contributed by atoms with E-state index < -0.39 is 27.8 Å². The van der Waals surface area contributed by atoms with Crippen LogP contribution < -0.4 is 5.32 Å². The third-order valence-corrected chi connectivity index (χ3v) is 4.40. The van der Waals surface area contributed by atoms with Gasteiger partial charge in [-0.15, -0.1) is 0 Å². The van der Waals surface area contributed by atoms with Crippen LogP contribution >= 0.6 is 0 Å². The molecule has 3 nitrogen and oxygen atoms in total. The van der Waals surface area contributed by atoms with E-state index in [4.69, 9.17) is 0 Å². The van der Waals surface area contributed by atoms with Crippen LogP contribution in [0.1, 0.15) is 26.7 Å². The second kappa shape index (κ2) is 6.44. The molecule has 0 aromatic carbocycles. The predicted molar refractivity (Wildman–Crippen MR) is 57.1 cm³/mol. The Morgan fingerprint density at radius 2 is 1.88 bits per heavy atom. The number of hydrogen-bond donors (Lipinski definition) is 1. The van der Waals surface area contributed by atoms with Crippen molar-refractivity contribution in [2.45, 2.75) is 38.1 Å². The summed E-state index contributed by atoms with van der Waals surface area (Å²) in [5.41, 5.74) is 0. The summed E-state index contributed by atoms with van der Waals surface area (Å²) in [4.78, 5) is 0. The lowest BCUT2D eigenvalue weighted by molar-refractivity contribution is -0.124. The van der Waals surface area contributed by atoms with Crippen LogP contribution in [-0.2, 0) is 9.84 Å². The summed E-state index contributed by atoms with van der Waals surface area (Å²) in [6.07, 6.45) is -3.00. The molecule has 0 fully saturated rings. The Kier molecular flexibility index (Phi) is 6.32. The van der Waals surface area contributed by atoms with Gasteiger partial charge < -0.3 is 5.32 Å². The fourth-order valence-corrected chi connectivity index (χ4v) is 2.56. The zero-order chi connectivity index (χ0) is 12.8. The maximum Gasteiger partial charge on any atom is 0.401 e. The molecule has 0 radical (unpaired) electrons. The molecule has 0 bridgehead atoms. The molecule has 0 aliphatic rings. The molecule has 0 amide bonds. The van der Waals surface area contributed by atoms with E-state index in [2.05, 4.69) is 5.32 Å². The highest BCUT2D eigenvalue weighted by Crippen LogP contribution is 2.12. The topological polar surface area (TPSA) is 46.2 Å². The molecule has 0 saturated carbocycles. The summed E-state index contributed by atoms with van der Waals surface area (Å²) in [5, 5.41) is 1.33. The van der Waals surface area contributed by atoms with Crippen molar-refractivity contribution >= 4 is 9.84 Å². The molecule has 0 heterocycles. The van der Waals surface area contributed by atoms with Gasteiger partial charge >= 0.3 is 6.18 Å². The van der Waals surface area contributed by atoms with Gasteiger partial charge in [0, 0.05) is 6.54 Å². The van der Waals surface area contributed by atoms with Crippen molar-refractivity contribution in [1.29, 1.82) is 0 Å². The number of nitrogens with one attached hydrogen (secondary N) is 1. The van der Waals surface area contributed by atoms with E-state index in [0.717, 1.165) is 6.42 Å². The minimum Gasteiger partial charge on any atom is -0.307 e. The summed E-state index contributed by atoms with van der Waals surface area (Å²) < 4.78 is 58.4. The normalized spacial score (nSPS) is 15.1. The minimum absolute atomic E-state index is 0.0400. The van der Waals surface area contributed by atoms with Gasteiger partial charge in [-0.2, -0.15) is 13.2 Å². The van der Waals surface area contributed by atoms with Crippen molar-refractivity contribution in [3.8, 4) is 0 Å². The number of rotatable bonds is 7. The van der Waals surface area contributed by atoms with Gasteiger partial charge in [0.1, 0.15) is 0 Å². The lowest BCUT2D eigenvalue weighted by atomic mass is 10.4. The summed E-state index contributed by atoms with van der Waals surface area (Å²) in [6, 6.07) is 0. The Morgan fingerprint density at radius 3 is 2.31 bits per heavy atom. The largest absolute Gasteiger partial charge is 0.401 e. The highest BCUT2D eigenvalue weighted by molar-refractivity contribution is 7.92. The van der Waals surface area contributed by atoms with Crippen LogP contribution in [-0.4, -0.2) is 38.7 Å². The molecule has 0 rings (SSSR count). The molecule has 7 heteroatoms. The smallest absolute Gasteiger partial charge is 0.307 e. The Hall–Kier alpha value is -0.300. The highest BCUT2D eigenvalue weighted by Gasteiger charge is 2.27. The molecule has 16 heavy (non-hydrogen) atoms. The average Bonchev–Trinajstić information content (AvgIpc) is 2.12. The lowest BCUT2D eigenvalue weighted by Crippen LogP contribution is -2.37. The first-order valence-corrected chi connectivity index (χ1v) is 6.89. The third-order valence-electron chi connectivity index (χ3n) is 2.15. The van der Waals surface area contributed by atoms with Crippen LogP contribution in [0.4, 0.5) is 13.2 Å². The number of sulfone groups is 1. The molecule has 1 unspecified atom stereocenters. The van der Waals surface area contributed by atoms with Crippen molar-refractivity contribution < 1.29 is 21.6 Å². The second-order valence-electron chi connectivity index (χ2n) is 3.78. The number of alkyl halides is 3. The van der Waals surface area contributed by atoms with Gasteiger partial charge in [-0.3, -0.25) is 0 Å². The highest BCUT2D eigenvalue weighted by atomic mass is 32.2. The van der Waals surface area contributed by atoms with Gasteiger partial charge in [0.05, 0.1) is 17.5 Å². The molecule has 0 aliphatic carbocycles. The van der Waals surface area contributed by atoms with Crippen LogP contribution in [0.15, 0.2) is 0 Å². The minimum atomic E-state index is -4.30. The molecule has 1 atom stereocenters. The quantitative estimate of drug-likeness (QED) is 0.759. The molecular weight excluding hydrogens is 243 g/mol. The van der Waals surface area contributed by atoms with E-state index in [1.807, 2.05) is 6.92 Å². The van der Waals surface area contributed by atoms with E-state index in [1.165, 1.54) is 6.92 Å². The standard InChI is InChI=1S/C9H18F3NO2S/c1-3-4-5-16(14,15)8(2)6-13-7-9(10,11)12/h8,13H,3-7H2,1-2H3. The van der Waals surface area contributed by atoms with Gasteiger partial charge in [0.15, 0.2) is 9.84 Å². The molecule has 0 spiro atoms. The summed E-state index contributed by atoms with van der Waals surface area (Å²) in [7, 11) is -3.27. The zero-order valence-electron chi connectivity index (χ0n) is 9.47. The van der Waals surface area contributed by atoms with E-state index >= 15 is 0 Å². The number of hydrogen-bond acceptors (Lipinski definition) is 3. The summed E-state index contributed by atoms with van der Waals surface area (Å²) in [6.45, 7) is 1.97. The van der Waals surface area contributed by atoms with Crippen LogP contribution in [0.3, 0.4) is 0 Å². The monoisotopic (exact) mass is 261 g/mol. The second-order valence-corrected chi connectivity index (χ2v) is 6.32. The lowest BCUT2D eigenvalue weighted by Gasteiger charge is -2.14. The molecule has 98 valence electrons. The first kappa shape index (κ1) is 15.7. The molecular formula is C9H18F3NO2S. The van der Waals surface area contributed by atoms with Gasteiger partial charge in [0.25, 0.3) is 0 Å². The van der Waals surface area contributed by atoms with Crippen LogP contribution in [0.5, 0.6) is 0 Å². The van der Waals surface area contributed by atoms with E-state index in [-0.39, 0.29) is 12.3 Å². The first-order valence-electron chi connectivity index (χ1n) is 5.18. The van der Waals surface area contributed by atoms with Gasteiger partial charge in [-0.1, -0.05) is 13.3 Å². The molecule has 0 aliphatic heterocycles. The molecule has 0 saturated heterocycles. The SMILES string of the molecule is CCCCS(=O)(=O)C(C)CNCC(F)(F)F. The van der Waals surface area contributed by atoms with Crippen molar-refractivity contribution in [3.63, 3.8) is 0 Å². The maximum atomic E-state index is 11.8. The zero-order valence-corrected chi connectivity index (χ0v) is 10.3. The molecule has 0 aromatic rings. The van der Waals surface area contributed by atoms with Crippen molar-refractivity contribution in [2.75, 3.05) is 18.8 Å². The van der Waals surface area contributed by atoms with Crippen molar-refractivity contribution in [3.05, 3.63) is 0 Å². The number of halogens is 3. The summed E-state index contributed by atoms with van der Waals surface area (Å²) in [5.74, 6) is 0.0400. The average molecular weight is 261 g/mol. The fourth-order valence-electron chi connectivity index (χ4n) is 1.09. The van der Waals surface area contributed by atoms with E-state index in [1.54, 1.807) is 0 Å². The van der Waals surface area contributed by atoms with Crippen LogP contribution in [0.2, 0.25) is 0 Å². The third kappa shape index (κ3) is 7.05. The Balaban J connectivity index is 4.01. The van der Waals surface area contributed by atoms with Gasteiger partial charge in [-0.25, -0.2) is 8.42 Å². The maximum absolute atomic E-state index is 11.8. The summed E-state index contributed by atoms with van der Waals surface area (Å²) >= 11 is 0. The van der Waals surface area contributed by atoms with E-state index in [9.17, 15) is 21.6 Å². The fraction of sp³-hybridized carbons (Fsp3) is 1.00. The Labute approximate surface area is 94.3 Å².